The van der Waals surface area contributed by atoms with E-state index in [1.807, 2.05) is 55.4 Å². The zero-order valence-electron chi connectivity index (χ0n) is 49.8. The molecule has 2 amide bonds. The summed E-state index contributed by atoms with van der Waals surface area (Å²) in [4.78, 5) is 129. The van der Waals surface area contributed by atoms with Gasteiger partial charge in [0.15, 0.2) is 0 Å². The van der Waals surface area contributed by atoms with Gasteiger partial charge in [0.1, 0.15) is 5.60 Å². The molecule has 0 saturated carbocycles. The van der Waals surface area contributed by atoms with E-state index in [9.17, 15) is 38.4 Å². The van der Waals surface area contributed by atoms with E-state index in [4.69, 9.17) is 77.1 Å². The summed E-state index contributed by atoms with van der Waals surface area (Å²) in [6.07, 6.45) is -1.63. The van der Waals surface area contributed by atoms with Crippen molar-refractivity contribution in [2.24, 2.45) is 60.3 Å². The number of amides is 2. The fraction of sp³-hybridized carbons (Fsp3) is 0.672. The number of rotatable bonds is 15. The van der Waals surface area contributed by atoms with E-state index in [-0.39, 0.29) is 105 Å². The number of carbonyl (C=O) groups is 8. The summed E-state index contributed by atoms with van der Waals surface area (Å²) < 4.78 is 37.9. The zero-order chi connectivity index (χ0) is 60.8. The number of allylic oxidation sites excluding steroid dienone is 6. The number of esters is 6. The minimum Gasteiger partial charge on any atom is -0.682 e. The average Bonchev–Trinajstić information content (AvgIpc) is 4.04. The quantitative estimate of drug-likeness (QED) is 0.0843. The molecule has 23 heteroatoms. The van der Waals surface area contributed by atoms with Gasteiger partial charge in [0.2, 0.25) is 5.91 Å². The second-order valence-electron chi connectivity index (χ2n) is 23.4. The van der Waals surface area contributed by atoms with Gasteiger partial charge < -0.3 is 62.1 Å². The molecular weight excluding hydrogens is 1090 g/mol. The molecule has 6 aliphatic rings. The van der Waals surface area contributed by atoms with Crippen molar-refractivity contribution in [1.82, 2.24) is 4.90 Å². The first-order chi connectivity index (χ1) is 37.4. The summed E-state index contributed by atoms with van der Waals surface area (Å²) in [6.45, 7) is 29.6. The largest absolute Gasteiger partial charge is 3.00 e. The first-order valence-corrected chi connectivity index (χ1v) is 26.5. The molecule has 9 atom stereocenters. The number of aliphatic imine (C=N–C) groups is 3. The third kappa shape index (κ3) is 12.7. The van der Waals surface area contributed by atoms with Crippen LogP contribution in [0.4, 0.5) is 4.79 Å². The number of likely N-dealkylation sites (tertiary alicyclic amines) is 1. The molecule has 8 bridgehead atoms. The fourth-order valence-corrected chi connectivity index (χ4v) is 13.2. The molecule has 6 aliphatic heterocycles. The molecule has 0 N–H and O–H groups in total. The first kappa shape index (κ1) is 68.5. The van der Waals surface area contributed by atoms with Crippen LogP contribution in [-0.4, -0.2) is 130 Å². The maximum atomic E-state index is 15.0. The number of hydrogen-bond donors (Lipinski definition) is 0. The van der Waals surface area contributed by atoms with Crippen LogP contribution in [0, 0.1) is 69.0 Å². The van der Waals surface area contributed by atoms with Crippen LogP contribution in [0.15, 0.2) is 48.9 Å². The Labute approximate surface area is 486 Å². The molecule has 6 heterocycles. The van der Waals surface area contributed by atoms with E-state index in [0.717, 1.165) is 4.90 Å². The molecule has 0 aromatic heterocycles. The average molecular weight is 1170 g/mol. The number of ether oxygens (including phenoxy) is 7. The summed E-state index contributed by atoms with van der Waals surface area (Å²) in [5, 5.41) is 18.2. The summed E-state index contributed by atoms with van der Waals surface area (Å²) in [5.74, 6) is -6.81. The van der Waals surface area contributed by atoms with Crippen LogP contribution in [0.5, 0.6) is 0 Å². The number of nitrogens with zero attached hydrogens (tertiary/aromatic N) is 7. The van der Waals surface area contributed by atoms with Gasteiger partial charge in [-0.15, -0.1) is 0 Å². The predicted octanol–water partition coefficient (Wildman–Crippen LogP) is 8.44. The monoisotopic (exact) mass is 1170 g/mol. The van der Waals surface area contributed by atoms with Crippen molar-refractivity contribution in [3.63, 3.8) is 0 Å². The van der Waals surface area contributed by atoms with Gasteiger partial charge in [0.25, 0.3) is 0 Å². The summed E-state index contributed by atoms with van der Waals surface area (Å²) in [7, 11) is 7.72. The Kier molecular flexibility index (Phi) is 22.4. The molecular formula is C58H78CoN7O15. The molecule has 6 rings (SSSR count). The van der Waals surface area contributed by atoms with Gasteiger partial charge in [-0.1, -0.05) is 40.7 Å². The molecule has 2 fully saturated rings. The first-order valence-electron chi connectivity index (χ1n) is 26.5. The smallest absolute Gasteiger partial charge is 0.682 e. The van der Waals surface area contributed by atoms with Gasteiger partial charge in [-0.2, -0.15) is 5.70 Å². The molecule has 0 radical (unpaired) electrons. The molecule has 0 spiro atoms. The predicted molar refractivity (Wildman–Crippen MR) is 288 cm³/mol. The molecule has 444 valence electrons. The van der Waals surface area contributed by atoms with Crippen molar-refractivity contribution in [2.75, 3.05) is 42.7 Å². The van der Waals surface area contributed by atoms with Crippen LogP contribution < -0.4 is 0 Å². The second kappa shape index (κ2) is 26.5. The normalized spacial score (nSPS) is 31.3. The molecule has 22 nitrogen and oxygen atoms in total. The van der Waals surface area contributed by atoms with Gasteiger partial charge in [-0.25, -0.2) is 9.69 Å². The molecule has 1 unspecified atom stereocenters. The van der Waals surface area contributed by atoms with Crippen molar-refractivity contribution in [3.8, 4) is 0 Å². The van der Waals surface area contributed by atoms with Crippen LogP contribution in [0.3, 0.4) is 0 Å². The Morgan fingerprint density at radius 2 is 1.15 bits per heavy atom. The van der Waals surface area contributed by atoms with Crippen LogP contribution in [-0.2, 0) is 83.5 Å². The standard InChI is InChI=1S/C56H78N5O15.2CN.Co/c1-29-42-31(19-22-36(63)70-12)52(6,7)49(57-42)45-44-32(18-21-35(62)61(45)50(69)76-51(3,4)5)54(9,27-40(67)74-16)47(58-44)30(2)43-33(20-23-37(64)71-13)55(10,28-41(68)75-17)56(11,60-43)48-34(26-39(66)73-15)53(8,46(29)59-48)25-24-38(65)72-14;2*1-2;/h31-34,48H,18-28H2,1-17H3;;;/q3*-1;+3/t31-,32-,33-,34+,48?,53-,54+,55+,56+;;;/m1.../s1. The van der Waals surface area contributed by atoms with Crippen LogP contribution >= 0.6 is 0 Å². The second-order valence-corrected chi connectivity index (χ2v) is 23.4. The number of methoxy groups -OCH3 is 6. The molecule has 81 heavy (non-hydrogen) atoms. The molecule has 0 aromatic rings. The Morgan fingerprint density at radius 1 is 0.654 bits per heavy atom. The van der Waals surface area contributed by atoms with E-state index in [0.29, 0.717) is 34.0 Å². The fourth-order valence-electron chi connectivity index (χ4n) is 13.2. The van der Waals surface area contributed by atoms with Crippen molar-refractivity contribution in [1.29, 1.82) is 10.5 Å². The number of carbonyl (C=O) groups excluding carboxylic acids is 8. The van der Waals surface area contributed by atoms with Crippen molar-refractivity contribution >= 4 is 65.0 Å². The van der Waals surface area contributed by atoms with Gasteiger partial charge in [0.05, 0.1) is 83.8 Å². The Bertz CT molecular complexity index is 2760. The van der Waals surface area contributed by atoms with Crippen molar-refractivity contribution in [2.45, 2.75) is 164 Å². The number of fused-ring (bicyclic) bond motifs is 6. The van der Waals surface area contributed by atoms with E-state index < -0.39 is 110 Å². The minimum absolute atomic E-state index is 0. The summed E-state index contributed by atoms with van der Waals surface area (Å²) in [5.41, 5.74) is -3.99. The Hall–Kier alpha value is -6.72. The van der Waals surface area contributed by atoms with Crippen molar-refractivity contribution in [3.05, 3.63) is 52.4 Å². The number of imide groups is 1. The van der Waals surface area contributed by atoms with Crippen LogP contribution in [0.2, 0.25) is 0 Å². The van der Waals surface area contributed by atoms with E-state index in [1.165, 1.54) is 42.7 Å². The SMILES string of the molecule is COC(=O)CC[C@@H]1C2=NC(=C3/C4=N\C(=C(\C)C5=N[C@@](C)(C6[N-]/C(=C\2C)[C@](C)(CCC(=O)OC)[C@H]6CC(=O)OC)[C@@](C)(CC(=O)OC)[C@@H]5CCC(=O)OC)[C@@](C)(CC(=O)OC)[C@@H]4CCC(=O)N3C(=O)OC(C)(C)C)\C1(C)C.[C-]#N.[C-]#N.[Co+3]. The van der Waals surface area contributed by atoms with E-state index in [2.05, 4.69) is 0 Å². The zero-order valence-corrected chi connectivity index (χ0v) is 50.8. The van der Waals surface area contributed by atoms with Gasteiger partial charge in [0, 0.05) is 77.5 Å². The summed E-state index contributed by atoms with van der Waals surface area (Å²) in [6, 6.07) is -0.969. The topological polar surface area (TPSA) is 303 Å². The van der Waals surface area contributed by atoms with E-state index in [1.54, 1.807) is 20.8 Å². The van der Waals surface area contributed by atoms with Crippen molar-refractivity contribution < 1.29 is 88.3 Å². The van der Waals surface area contributed by atoms with Gasteiger partial charge in [-0.05, 0) is 89.7 Å². The van der Waals surface area contributed by atoms with E-state index >= 15 is 0 Å². The summed E-state index contributed by atoms with van der Waals surface area (Å²) >= 11 is 0. The Morgan fingerprint density at radius 3 is 1.67 bits per heavy atom. The number of hydrogen-bond acceptors (Lipinski definition) is 20. The van der Waals surface area contributed by atoms with Gasteiger partial charge in [-0.3, -0.25) is 48.5 Å². The molecule has 2 saturated heterocycles. The third-order valence-corrected chi connectivity index (χ3v) is 17.6. The maximum Gasteiger partial charge on any atom is 3.00 e. The van der Waals surface area contributed by atoms with Crippen LogP contribution in [0.1, 0.15) is 147 Å². The molecule has 0 aliphatic carbocycles. The maximum absolute atomic E-state index is 15.0. The Balaban J connectivity index is 0.00000337. The minimum atomic E-state index is -1.45. The third-order valence-electron chi connectivity index (χ3n) is 17.6. The molecule has 0 aromatic carbocycles. The van der Waals surface area contributed by atoms with Crippen LogP contribution in [0.25, 0.3) is 5.32 Å². The van der Waals surface area contributed by atoms with Gasteiger partial charge >= 0.3 is 58.7 Å².